The molecule has 0 aromatic heterocycles. The van der Waals surface area contributed by atoms with Crippen molar-refractivity contribution < 1.29 is 14.3 Å². The summed E-state index contributed by atoms with van der Waals surface area (Å²) in [6.45, 7) is 2.91. The second kappa shape index (κ2) is 7.65. The molecule has 110 valence electrons. The second-order valence-corrected chi connectivity index (χ2v) is 5.60. The topological polar surface area (TPSA) is 35.5 Å². The lowest BCUT2D eigenvalue weighted by Crippen LogP contribution is -2.27. The van der Waals surface area contributed by atoms with E-state index < -0.39 is 0 Å². The summed E-state index contributed by atoms with van der Waals surface area (Å²) in [7, 11) is 0. The van der Waals surface area contributed by atoms with Crippen LogP contribution in [-0.2, 0) is 20.9 Å². The molecule has 0 spiro atoms. The van der Waals surface area contributed by atoms with Crippen LogP contribution in [0, 0.1) is 5.92 Å². The van der Waals surface area contributed by atoms with E-state index >= 15 is 0 Å². The van der Waals surface area contributed by atoms with Crippen LogP contribution in [0.1, 0.15) is 38.2 Å². The van der Waals surface area contributed by atoms with Crippen molar-refractivity contribution in [2.75, 3.05) is 6.61 Å². The largest absolute Gasteiger partial charge is 0.466 e. The minimum absolute atomic E-state index is 0.0522. The first-order chi connectivity index (χ1) is 9.69. The predicted octanol–water partition coefficient (Wildman–Crippen LogP) is 3.98. The van der Waals surface area contributed by atoms with E-state index in [4.69, 9.17) is 21.1 Å². The fourth-order valence-corrected chi connectivity index (χ4v) is 2.65. The molecule has 0 unspecified atom stereocenters. The highest BCUT2D eigenvalue weighted by Crippen LogP contribution is 2.27. The first-order valence-electron chi connectivity index (χ1n) is 7.21. The average molecular weight is 297 g/mol. The number of esters is 1. The molecule has 1 aliphatic carbocycles. The monoisotopic (exact) mass is 296 g/mol. The van der Waals surface area contributed by atoms with E-state index in [0.717, 1.165) is 36.3 Å². The Hall–Kier alpha value is -1.06. The zero-order chi connectivity index (χ0) is 14.4. The minimum atomic E-state index is -0.0522. The van der Waals surface area contributed by atoms with Gasteiger partial charge < -0.3 is 9.47 Å². The van der Waals surface area contributed by atoms with E-state index in [1.54, 1.807) is 0 Å². The van der Waals surface area contributed by atoms with Crippen LogP contribution in [0.25, 0.3) is 0 Å². The van der Waals surface area contributed by atoms with Gasteiger partial charge in [0.2, 0.25) is 0 Å². The number of benzene rings is 1. The second-order valence-electron chi connectivity index (χ2n) is 5.16. The van der Waals surface area contributed by atoms with E-state index in [1.165, 1.54) is 0 Å². The van der Waals surface area contributed by atoms with Gasteiger partial charge in [-0.15, -0.1) is 0 Å². The van der Waals surface area contributed by atoms with Crippen molar-refractivity contribution in [2.45, 2.75) is 45.3 Å². The van der Waals surface area contributed by atoms with Gasteiger partial charge in [-0.3, -0.25) is 4.79 Å². The Labute approximate surface area is 125 Å². The summed E-state index contributed by atoms with van der Waals surface area (Å²) in [5, 5.41) is 0.740. The first-order valence-corrected chi connectivity index (χ1v) is 7.59. The standard InChI is InChI=1S/C16H21ClO3/c1-2-19-16(18)13-5-9-15(10-6-13)20-11-12-3-7-14(17)8-4-12/h3-4,7-8,13,15H,2,5-6,9-11H2,1H3/t13-,15-. The van der Waals surface area contributed by atoms with Gasteiger partial charge in [0.05, 0.1) is 25.2 Å². The van der Waals surface area contributed by atoms with Crippen LogP contribution in [-0.4, -0.2) is 18.7 Å². The van der Waals surface area contributed by atoms with Crippen molar-refractivity contribution in [3.05, 3.63) is 34.9 Å². The Balaban J connectivity index is 1.72. The van der Waals surface area contributed by atoms with Crippen LogP contribution in [0.15, 0.2) is 24.3 Å². The maximum Gasteiger partial charge on any atom is 0.308 e. The summed E-state index contributed by atoms with van der Waals surface area (Å²) in [5.74, 6) is 0.00832. The maximum atomic E-state index is 11.6. The predicted molar refractivity (Wildman–Crippen MR) is 78.6 cm³/mol. The SMILES string of the molecule is CCOC(=O)[C@H]1CC[C@H](OCc2ccc(Cl)cc2)CC1. The molecule has 2 rings (SSSR count). The van der Waals surface area contributed by atoms with Crippen LogP contribution in [0.5, 0.6) is 0 Å². The van der Waals surface area contributed by atoms with E-state index in [2.05, 4.69) is 0 Å². The van der Waals surface area contributed by atoms with Gasteiger partial charge in [0, 0.05) is 5.02 Å². The van der Waals surface area contributed by atoms with E-state index in [-0.39, 0.29) is 18.0 Å². The molecule has 0 N–H and O–H groups in total. The summed E-state index contributed by atoms with van der Waals surface area (Å²) in [4.78, 5) is 11.6. The van der Waals surface area contributed by atoms with Crippen LogP contribution in [0.3, 0.4) is 0 Å². The van der Waals surface area contributed by atoms with Crippen LogP contribution >= 0.6 is 11.6 Å². The molecule has 1 aliphatic rings. The van der Waals surface area contributed by atoms with Crippen molar-refractivity contribution in [2.24, 2.45) is 5.92 Å². The summed E-state index contributed by atoms with van der Waals surface area (Å²) in [6, 6.07) is 7.70. The van der Waals surface area contributed by atoms with Crippen LogP contribution in [0.2, 0.25) is 5.02 Å². The molecule has 0 bridgehead atoms. The smallest absolute Gasteiger partial charge is 0.308 e. The molecule has 1 aromatic rings. The molecule has 0 amide bonds. The quantitative estimate of drug-likeness (QED) is 0.771. The zero-order valence-electron chi connectivity index (χ0n) is 11.8. The molecule has 1 fully saturated rings. The Morgan fingerprint density at radius 2 is 1.85 bits per heavy atom. The fraction of sp³-hybridized carbons (Fsp3) is 0.562. The molecule has 1 saturated carbocycles. The summed E-state index contributed by atoms with van der Waals surface area (Å²) in [5.41, 5.74) is 1.13. The van der Waals surface area contributed by atoms with Crippen molar-refractivity contribution in [3.8, 4) is 0 Å². The third kappa shape index (κ3) is 4.50. The van der Waals surface area contributed by atoms with Crippen molar-refractivity contribution in [1.29, 1.82) is 0 Å². The van der Waals surface area contributed by atoms with E-state index in [1.807, 2.05) is 31.2 Å². The molecule has 1 aromatic carbocycles. The lowest BCUT2D eigenvalue weighted by molar-refractivity contribution is -0.150. The van der Waals surface area contributed by atoms with E-state index in [9.17, 15) is 4.79 Å². The van der Waals surface area contributed by atoms with Gasteiger partial charge in [-0.1, -0.05) is 23.7 Å². The highest BCUT2D eigenvalue weighted by molar-refractivity contribution is 6.30. The summed E-state index contributed by atoms with van der Waals surface area (Å²) in [6.07, 6.45) is 3.83. The number of rotatable bonds is 5. The molecular formula is C16H21ClO3. The number of carbonyl (C=O) groups excluding carboxylic acids is 1. The fourth-order valence-electron chi connectivity index (χ4n) is 2.52. The van der Waals surface area contributed by atoms with Crippen LogP contribution in [0.4, 0.5) is 0 Å². The van der Waals surface area contributed by atoms with Gasteiger partial charge >= 0.3 is 5.97 Å². The highest BCUT2D eigenvalue weighted by Gasteiger charge is 2.27. The Morgan fingerprint density at radius 3 is 2.45 bits per heavy atom. The molecule has 0 heterocycles. The van der Waals surface area contributed by atoms with Gasteiger partial charge in [0.1, 0.15) is 0 Å². The highest BCUT2D eigenvalue weighted by atomic mass is 35.5. The average Bonchev–Trinajstić information content (AvgIpc) is 2.47. The van der Waals surface area contributed by atoms with Gasteiger partial charge in [-0.05, 0) is 50.3 Å². The van der Waals surface area contributed by atoms with Crippen molar-refractivity contribution in [3.63, 3.8) is 0 Å². The van der Waals surface area contributed by atoms with Gasteiger partial charge in [0.15, 0.2) is 0 Å². The molecule has 3 nitrogen and oxygen atoms in total. The molecule has 0 aliphatic heterocycles. The molecule has 20 heavy (non-hydrogen) atoms. The molecular weight excluding hydrogens is 276 g/mol. The Kier molecular flexibility index (Phi) is 5.86. The van der Waals surface area contributed by atoms with Gasteiger partial charge in [-0.25, -0.2) is 0 Å². The third-order valence-electron chi connectivity index (χ3n) is 3.69. The number of hydrogen-bond acceptors (Lipinski definition) is 3. The van der Waals surface area contributed by atoms with Crippen molar-refractivity contribution >= 4 is 17.6 Å². The Morgan fingerprint density at radius 1 is 1.20 bits per heavy atom. The number of carbonyl (C=O) groups is 1. The van der Waals surface area contributed by atoms with Gasteiger partial charge in [0.25, 0.3) is 0 Å². The molecule has 0 saturated heterocycles. The number of halogens is 1. The number of hydrogen-bond donors (Lipinski definition) is 0. The lowest BCUT2D eigenvalue weighted by Gasteiger charge is -2.27. The third-order valence-corrected chi connectivity index (χ3v) is 3.95. The van der Waals surface area contributed by atoms with Gasteiger partial charge in [-0.2, -0.15) is 0 Å². The molecule has 0 radical (unpaired) electrons. The maximum absolute atomic E-state index is 11.6. The first kappa shape index (κ1) is 15.3. The molecule has 4 heteroatoms. The summed E-state index contributed by atoms with van der Waals surface area (Å²) < 4.78 is 11.0. The Bertz CT molecular complexity index is 422. The van der Waals surface area contributed by atoms with E-state index in [0.29, 0.717) is 13.2 Å². The molecule has 0 atom stereocenters. The summed E-state index contributed by atoms with van der Waals surface area (Å²) >= 11 is 5.85. The lowest BCUT2D eigenvalue weighted by atomic mass is 9.87. The van der Waals surface area contributed by atoms with Crippen molar-refractivity contribution in [1.82, 2.24) is 0 Å². The normalized spacial score (nSPS) is 22.5. The van der Waals surface area contributed by atoms with Crippen LogP contribution < -0.4 is 0 Å². The zero-order valence-corrected chi connectivity index (χ0v) is 12.6. The minimum Gasteiger partial charge on any atom is -0.466 e. The number of ether oxygens (including phenoxy) is 2.